The van der Waals surface area contributed by atoms with E-state index in [0.29, 0.717) is 0 Å². The van der Waals surface area contributed by atoms with Crippen LogP contribution in [-0.4, -0.2) is 10.8 Å². The van der Waals surface area contributed by atoms with E-state index in [0.717, 1.165) is 17.7 Å². The summed E-state index contributed by atoms with van der Waals surface area (Å²) in [6.45, 7) is 6.44. The highest BCUT2D eigenvalue weighted by atomic mass is 15.0. The molecule has 0 aliphatic heterocycles. The van der Waals surface area contributed by atoms with Crippen molar-refractivity contribution in [2.45, 2.75) is 27.2 Å². The number of aliphatic imine (C=N–C) groups is 1. The fraction of sp³-hybridized carbons (Fsp3) is 0.190. The van der Waals surface area contributed by atoms with E-state index in [-0.39, 0.29) is 0 Å². The Labute approximate surface area is 138 Å². The number of hydrogen-bond acceptors (Lipinski definition) is 1. The smallest absolute Gasteiger partial charge is 0.0661 e. The first-order valence-electron chi connectivity index (χ1n) is 8.07. The van der Waals surface area contributed by atoms with Crippen LogP contribution in [-0.2, 0) is 6.42 Å². The molecular weight excluding hydrogens is 280 g/mol. The van der Waals surface area contributed by atoms with Crippen molar-refractivity contribution in [2.24, 2.45) is 4.99 Å². The third-order valence-electron chi connectivity index (χ3n) is 4.20. The second-order valence-electron chi connectivity index (χ2n) is 5.74. The zero-order valence-corrected chi connectivity index (χ0v) is 14.0. The molecule has 0 fully saturated rings. The molecule has 0 unspecified atom stereocenters. The molecule has 2 aromatic carbocycles. The average molecular weight is 302 g/mol. The molecule has 0 aliphatic carbocycles. The summed E-state index contributed by atoms with van der Waals surface area (Å²) in [5, 5.41) is 0. The number of hydrogen-bond donors (Lipinski definition) is 0. The van der Waals surface area contributed by atoms with Gasteiger partial charge in [0.15, 0.2) is 0 Å². The molecule has 2 nitrogen and oxygen atoms in total. The second kappa shape index (κ2) is 6.66. The zero-order chi connectivity index (χ0) is 16.2. The predicted molar refractivity (Wildman–Crippen MR) is 98.3 cm³/mol. The van der Waals surface area contributed by atoms with Gasteiger partial charge in [0.05, 0.1) is 5.69 Å². The fourth-order valence-electron chi connectivity index (χ4n) is 2.97. The highest BCUT2D eigenvalue weighted by Gasteiger charge is 2.09. The summed E-state index contributed by atoms with van der Waals surface area (Å²) >= 11 is 0. The van der Waals surface area contributed by atoms with Crippen LogP contribution in [0.5, 0.6) is 0 Å². The monoisotopic (exact) mass is 302 g/mol. The molecule has 0 saturated heterocycles. The topological polar surface area (TPSA) is 17.3 Å². The van der Waals surface area contributed by atoms with Crippen molar-refractivity contribution >= 4 is 11.9 Å². The number of benzene rings is 2. The molecule has 0 aliphatic rings. The second-order valence-corrected chi connectivity index (χ2v) is 5.74. The largest absolute Gasteiger partial charge is 0.318 e. The first kappa shape index (κ1) is 15.3. The normalized spacial score (nSPS) is 11.3. The van der Waals surface area contributed by atoms with E-state index in [1.807, 2.05) is 18.3 Å². The summed E-state index contributed by atoms with van der Waals surface area (Å²) in [4.78, 5) is 4.72. The maximum atomic E-state index is 4.72. The third kappa shape index (κ3) is 3.11. The van der Waals surface area contributed by atoms with Crippen LogP contribution >= 0.6 is 0 Å². The Balaban J connectivity index is 1.98. The Bertz CT molecular complexity index is 826. The number of rotatable bonds is 4. The molecule has 0 saturated carbocycles. The molecule has 1 aromatic heterocycles. The zero-order valence-electron chi connectivity index (χ0n) is 14.0. The quantitative estimate of drug-likeness (QED) is 0.574. The van der Waals surface area contributed by atoms with Gasteiger partial charge in [-0.1, -0.05) is 43.3 Å². The lowest BCUT2D eigenvalue weighted by Gasteiger charge is -2.09. The van der Waals surface area contributed by atoms with Crippen LogP contribution in [0.25, 0.3) is 5.69 Å². The Morgan fingerprint density at radius 2 is 1.65 bits per heavy atom. The van der Waals surface area contributed by atoms with E-state index in [1.165, 1.54) is 22.6 Å². The minimum Gasteiger partial charge on any atom is -0.318 e. The van der Waals surface area contributed by atoms with Gasteiger partial charge in [0.2, 0.25) is 0 Å². The average Bonchev–Trinajstić information content (AvgIpc) is 2.87. The molecule has 0 spiro atoms. The van der Waals surface area contributed by atoms with Crippen molar-refractivity contribution < 1.29 is 0 Å². The van der Waals surface area contributed by atoms with Gasteiger partial charge < -0.3 is 4.57 Å². The van der Waals surface area contributed by atoms with Gasteiger partial charge in [-0.2, -0.15) is 0 Å². The molecule has 3 aromatic rings. The molecule has 3 rings (SSSR count). The Morgan fingerprint density at radius 1 is 0.957 bits per heavy atom. The van der Waals surface area contributed by atoms with Gasteiger partial charge in [-0.25, -0.2) is 0 Å². The highest BCUT2D eigenvalue weighted by Crippen LogP contribution is 2.22. The van der Waals surface area contributed by atoms with E-state index >= 15 is 0 Å². The van der Waals surface area contributed by atoms with E-state index < -0.39 is 0 Å². The molecule has 0 radical (unpaired) electrons. The predicted octanol–water partition coefficient (Wildman–Crippen LogP) is 5.41. The van der Waals surface area contributed by atoms with Crippen molar-refractivity contribution in [3.63, 3.8) is 0 Å². The Kier molecular flexibility index (Phi) is 4.42. The minimum atomic E-state index is 0.997. The van der Waals surface area contributed by atoms with Crippen LogP contribution in [0.15, 0.2) is 65.7 Å². The van der Waals surface area contributed by atoms with Crippen LogP contribution in [0, 0.1) is 13.8 Å². The van der Waals surface area contributed by atoms with Crippen molar-refractivity contribution in [1.29, 1.82) is 0 Å². The van der Waals surface area contributed by atoms with Crippen LogP contribution in [0.2, 0.25) is 0 Å². The SMILES string of the molecule is CCc1ccccc1N=Cc1cc(C)n(-c2ccccc2)c1C. The minimum absolute atomic E-state index is 0.997. The van der Waals surface area contributed by atoms with Gasteiger partial charge in [-0.3, -0.25) is 4.99 Å². The first-order valence-corrected chi connectivity index (χ1v) is 8.07. The van der Waals surface area contributed by atoms with E-state index in [1.54, 1.807) is 0 Å². The fourth-order valence-corrected chi connectivity index (χ4v) is 2.97. The number of nitrogens with zero attached hydrogens (tertiary/aromatic N) is 2. The maximum absolute atomic E-state index is 4.72. The van der Waals surface area contributed by atoms with Gasteiger partial charge in [-0.05, 0) is 50.1 Å². The van der Waals surface area contributed by atoms with Gasteiger partial charge in [-0.15, -0.1) is 0 Å². The molecule has 116 valence electrons. The lowest BCUT2D eigenvalue weighted by molar-refractivity contribution is 0.965. The van der Waals surface area contributed by atoms with Crippen LogP contribution < -0.4 is 0 Å². The van der Waals surface area contributed by atoms with Gasteiger partial charge in [0.25, 0.3) is 0 Å². The third-order valence-corrected chi connectivity index (χ3v) is 4.20. The lowest BCUT2D eigenvalue weighted by atomic mass is 10.1. The van der Waals surface area contributed by atoms with Crippen molar-refractivity contribution in [3.8, 4) is 5.69 Å². The molecule has 0 amide bonds. The van der Waals surface area contributed by atoms with Gasteiger partial charge >= 0.3 is 0 Å². The van der Waals surface area contributed by atoms with Gasteiger partial charge in [0, 0.05) is 28.9 Å². The van der Waals surface area contributed by atoms with Crippen molar-refractivity contribution in [3.05, 3.63) is 83.2 Å². The highest BCUT2D eigenvalue weighted by molar-refractivity contribution is 5.84. The number of aryl methyl sites for hydroxylation is 2. The molecule has 23 heavy (non-hydrogen) atoms. The number of para-hydroxylation sites is 2. The Hall–Kier alpha value is -2.61. The summed E-state index contributed by atoms with van der Waals surface area (Å²) in [5.41, 5.74) is 7.12. The summed E-state index contributed by atoms with van der Waals surface area (Å²) in [7, 11) is 0. The summed E-state index contributed by atoms with van der Waals surface area (Å²) in [6.07, 6.45) is 2.98. The van der Waals surface area contributed by atoms with E-state index in [2.05, 4.69) is 73.9 Å². The van der Waals surface area contributed by atoms with Crippen LogP contribution in [0.4, 0.5) is 5.69 Å². The molecule has 0 bridgehead atoms. The summed E-state index contributed by atoms with van der Waals surface area (Å²) in [6, 6.07) is 21.0. The van der Waals surface area contributed by atoms with Crippen LogP contribution in [0.1, 0.15) is 29.4 Å². The van der Waals surface area contributed by atoms with Crippen molar-refractivity contribution in [1.82, 2.24) is 4.57 Å². The number of aromatic nitrogens is 1. The molecule has 2 heteroatoms. The Morgan fingerprint density at radius 3 is 2.39 bits per heavy atom. The van der Waals surface area contributed by atoms with Crippen LogP contribution in [0.3, 0.4) is 0 Å². The summed E-state index contributed by atoms with van der Waals surface area (Å²) < 4.78 is 2.27. The first-order chi connectivity index (χ1) is 11.2. The molecule has 0 N–H and O–H groups in total. The van der Waals surface area contributed by atoms with Gasteiger partial charge in [0.1, 0.15) is 0 Å². The standard InChI is InChI=1S/C21H22N2/c1-4-18-10-8-9-13-21(18)22-15-19-14-16(2)23(17(19)3)20-11-6-5-7-12-20/h5-15H,4H2,1-3H3. The molecular formula is C21H22N2. The van der Waals surface area contributed by atoms with E-state index in [4.69, 9.17) is 4.99 Å². The van der Waals surface area contributed by atoms with E-state index in [9.17, 15) is 0 Å². The molecule has 0 atom stereocenters. The lowest BCUT2D eigenvalue weighted by Crippen LogP contribution is -1.99. The maximum Gasteiger partial charge on any atom is 0.0661 e. The summed E-state index contributed by atoms with van der Waals surface area (Å²) in [5.74, 6) is 0. The van der Waals surface area contributed by atoms with Crippen molar-refractivity contribution in [2.75, 3.05) is 0 Å². The molecule has 1 heterocycles.